The Balaban J connectivity index is 1.35. The number of halogens is 1. The molecule has 0 aliphatic carbocycles. The van der Waals surface area contributed by atoms with Crippen LogP contribution < -0.4 is 15.5 Å². The maximum absolute atomic E-state index is 12.9. The van der Waals surface area contributed by atoms with E-state index in [-0.39, 0.29) is 30.7 Å². The van der Waals surface area contributed by atoms with Gasteiger partial charge in [-0.2, -0.15) is 0 Å². The number of hydrogen-bond acceptors (Lipinski definition) is 5. The van der Waals surface area contributed by atoms with Gasteiger partial charge in [-0.3, -0.25) is 14.5 Å². The van der Waals surface area contributed by atoms with E-state index in [9.17, 15) is 14.0 Å². The molecule has 166 valence electrons. The van der Waals surface area contributed by atoms with Crippen LogP contribution in [-0.4, -0.2) is 69.7 Å². The van der Waals surface area contributed by atoms with Crippen molar-refractivity contribution >= 4 is 23.2 Å². The Morgan fingerprint density at radius 1 is 1.00 bits per heavy atom. The third-order valence-corrected chi connectivity index (χ3v) is 5.00. The van der Waals surface area contributed by atoms with Crippen molar-refractivity contribution in [2.75, 3.05) is 63.2 Å². The second-order valence-corrected chi connectivity index (χ2v) is 7.59. The molecule has 3 rings (SSSR count). The first-order valence-corrected chi connectivity index (χ1v) is 10.4. The van der Waals surface area contributed by atoms with E-state index in [2.05, 4.69) is 15.5 Å². The molecular formula is C23H29FN4O3. The summed E-state index contributed by atoms with van der Waals surface area (Å²) in [5, 5.41) is 5.68. The molecule has 1 aliphatic heterocycles. The summed E-state index contributed by atoms with van der Waals surface area (Å²) < 4.78 is 18.3. The van der Waals surface area contributed by atoms with Crippen molar-refractivity contribution in [2.24, 2.45) is 0 Å². The van der Waals surface area contributed by atoms with Gasteiger partial charge in [-0.05, 0) is 55.4 Å². The maximum atomic E-state index is 12.9. The third-order valence-electron chi connectivity index (χ3n) is 5.00. The molecule has 1 saturated heterocycles. The predicted molar refractivity (Wildman–Crippen MR) is 119 cm³/mol. The number of rotatable bonds is 9. The topological polar surface area (TPSA) is 73.9 Å². The smallest absolute Gasteiger partial charge is 0.238 e. The van der Waals surface area contributed by atoms with Gasteiger partial charge in [-0.15, -0.1) is 0 Å². The Morgan fingerprint density at radius 3 is 2.32 bits per heavy atom. The molecule has 0 saturated carbocycles. The summed E-state index contributed by atoms with van der Waals surface area (Å²) in [5.74, 6) is -0.617. The maximum Gasteiger partial charge on any atom is 0.238 e. The molecule has 7 nitrogen and oxygen atoms in total. The summed E-state index contributed by atoms with van der Waals surface area (Å²) in [6, 6.07) is 13.9. The van der Waals surface area contributed by atoms with Crippen LogP contribution in [0.3, 0.4) is 0 Å². The lowest BCUT2D eigenvalue weighted by Gasteiger charge is -2.28. The molecule has 1 aliphatic rings. The monoisotopic (exact) mass is 428 g/mol. The van der Waals surface area contributed by atoms with E-state index in [0.29, 0.717) is 13.0 Å². The van der Waals surface area contributed by atoms with Crippen molar-refractivity contribution in [3.8, 4) is 0 Å². The molecule has 0 bridgehead atoms. The first-order chi connectivity index (χ1) is 15.0. The van der Waals surface area contributed by atoms with Gasteiger partial charge in [-0.25, -0.2) is 4.39 Å². The van der Waals surface area contributed by atoms with Crippen LogP contribution in [0.4, 0.5) is 15.8 Å². The van der Waals surface area contributed by atoms with E-state index in [1.165, 1.54) is 12.1 Å². The third kappa shape index (κ3) is 7.66. The average Bonchev–Trinajstić information content (AvgIpc) is 2.76. The predicted octanol–water partition coefficient (Wildman–Crippen LogP) is 1.89. The van der Waals surface area contributed by atoms with Crippen molar-refractivity contribution in [3.63, 3.8) is 0 Å². The zero-order valence-electron chi connectivity index (χ0n) is 17.8. The molecule has 2 N–H and O–H groups in total. The lowest BCUT2D eigenvalue weighted by Crippen LogP contribution is -2.39. The highest BCUT2D eigenvalue weighted by molar-refractivity contribution is 5.92. The normalized spacial score (nSPS) is 13.8. The number of carbonyl (C=O) groups excluding carboxylic acids is 2. The largest absolute Gasteiger partial charge is 0.378 e. The van der Waals surface area contributed by atoms with Gasteiger partial charge in [0.05, 0.1) is 26.3 Å². The zero-order valence-corrected chi connectivity index (χ0v) is 17.8. The summed E-state index contributed by atoms with van der Waals surface area (Å²) in [6.45, 7) is 3.86. The SMILES string of the molecule is CN(CC(=O)NCCc1ccc(F)cc1)CC(=O)Nc1ccc(N2CCOCC2)cc1. The Bertz CT molecular complexity index is 852. The number of hydrogen-bond donors (Lipinski definition) is 2. The number of ether oxygens (including phenoxy) is 1. The van der Waals surface area contributed by atoms with Gasteiger partial charge in [0.25, 0.3) is 0 Å². The lowest BCUT2D eigenvalue weighted by atomic mass is 10.1. The number of carbonyl (C=O) groups is 2. The molecular weight excluding hydrogens is 399 g/mol. The van der Waals surface area contributed by atoms with Gasteiger partial charge in [0, 0.05) is 31.0 Å². The van der Waals surface area contributed by atoms with E-state index in [1.807, 2.05) is 24.3 Å². The van der Waals surface area contributed by atoms with E-state index in [4.69, 9.17) is 4.74 Å². The molecule has 0 atom stereocenters. The molecule has 31 heavy (non-hydrogen) atoms. The van der Waals surface area contributed by atoms with E-state index in [0.717, 1.165) is 43.2 Å². The van der Waals surface area contributed by atoms with Crippen LogP contribution in [0.15, 0.2) is 48.5 Å². The van der Waals surface area contributed by atoms with Gasteiger partial charge in [-0.1, -0.05) is 12.1 Å². The lowest BCUT2D eigenvalue weighted by molar-refractivity contribution is -0.122. The van der Waals surface area contributed by atoms with Crippen LogP contribution in [0.5, 0.6) is 0 Å². The molecule has 8 heteroatoms. The van der Waals surface area contributed by atoms with Crippen molar-refractivity contribution in [1.82, 2.24) is 10.2 Å². The average molecular weight is 429 g/mol. The summed E-state index contributed by atoms with van der Waals surface area (Å²) >= 11 is 0. The fourth-order valence-corrected chi connectivity index (χ4v) is 3.38. The molecule has 1 fully saturated rings. The minimum Gasteiger partial charge on any atom is -0.378 e. The Kier molecular flexibility index (Phi) is 8.37. The van der Waals surface area contributed by atoms with Crippen molar-refractivity contribution in [3.05, 3.63) is 59.9 Å². The van der Waals surface area contributed by atoms with Crippen molar-refractivity contribution < 1.29 is 18.7 Å². The number of nitrogens with zero attached hydrogens (tertiary/aromatic N) is 2. The molecule has 1 heterocycles. The van der Waals surface area contributed by atoms with Gasteiger partial charge in [0.15, 0.2) is 0 Å². The van der Waals surface area contributed by atoms with E-state index in [1.54, 1.807) is 24.1 Å². The Hall–Kier alpha value is -2.97. The highest BCUT2D eigenvalue weighted by Gasteiger charge is 2.13. The van der Waals surface area contributed by atoms with Gasteiger partial charge < -0.3 is 20.3 Å². The second-order valence-electron chi connectivity index (χ2n) is 7.59. The Morgan fingerprint density at radius 2 is 1.65 bits per heavy atom. The quantitative estimate of drug-likeness (QED) is 0.638. The van der Waals surface area contributed by atoms with E-state index >= 15 is 0 Å². The highest BCUT2D eigenvalue weighted by atomic mass is 19.1. The van der Waals surface area contributed by atoms with Gasteiger partial charge in [0.2, 0.25) is 11.8 Å². The number of benzene rings is 2. The standard InChI is InChI=1S/C23H29FN4O3/c1-27(16-22(29)25-11-10-18-2-4-19(24)5-3-18)17-23(30)26-20-6-8-21(9-7-20)28-12-14-31-15-13-28/h2-9H,10-17H2,1H3,(H,25,29)(H,26,30). The summed E-state index contributed by atoms with van der Waals surface area (Å²) in [7, 11) is 1.72. The van der Waals surface area contributed by atoms with Crippen LogP contribution in [0.1, 0.15) is 5.56 Å². The zero-order chi connectivity index (χ0) is 22.1. The van der Waals surface area contributed by atoms with Crippen molar-refractivity contribution in [2.45, 2.75) is 6.42 Å². The minimum atomic E-state index is -0.277. The Labute approximate surface area is 182 Å². The fourth-order valence-electron chi connectivity index (χ4n) is 3.38. The fraction of sp³-hybridized carbons (Fsp3) is 0.391. The van der Waals surface area contributed by atoms with Crippen molar-refractivity contribution in [1.29, 1.82) is 0 Å². The van der Waals surface area contributed by atoms with Crippen LogP contribution in [0, 0.1) is 5.82 Å². The number of anilines is 2. The van der Waals surface area contributed by atoms with Crippen LogP contribution in [0.2, 0.25) is 0 Å². The summed E-state index contributed by atoms with van der Waals surface area (Å²) in [6.07, 6.45) is 0.622. The number of nitrogens with one attached hydrogen (secondary N) is 2. The second kappa shape index (κ2) is 11.4. The first kappa shape index (κ1) is 22.7. The molecule has 0 spiro atoms. The van der Waals surface area contributed by atoms with Gasteiger partial charge in [0.1, 0.15) is 5.82 Å². The summed E-state index contributed by atoms with van der Waals surface area (Å²) in [4.78, 5) is 28.2. The van der Waals surface area contributed by atoms with Gasteiger partial charge >= 0.3 is 0 Å². The molecule has 0 unspecified atom stereocenters. The van der Waals surface area contributed by atoms with Crippen LogP contribution in [0.25, 0.3) is 0 Å². The van der Waals surface area contributed by atoms with Crippen LogP contribution >= 0.6 is 0 Å². The first-order valence-electron chi connectivity index (χ1n) is 10.4. The van der Waals surface area contributed by atoms with E-state index < -0.39 is 0 Å². The number of amides is 2. The van der Waals surface area contributed by atoms with Crippen LogP contribution in [-0.2, 0) is 20.7 Å². The molecule has 0 aromatic heterocycles. The minimum absolute atomic E-state index is 0.108. The summed E-state index contributed by atoms with van der Waals surface area (Å²) in [5.41, 5.74) is 2.78. The molecule has 2 amide bonds. The number of likely N-dealkylation sites (N-methyl/N-ethyl adjacent to an activating group) is 1. The number of morpholine rings is 1. The highest BCUT2D eigenvalue weighted by Crippen LogP contribution is 2.19. The molecule has 2 aromatic carbocycles. The molecule has 2 aromatic rings. The molecule has 0 radical (unpaired) electrons.